The number of esters is 1. The highest BCUT2D eigenvalue weighted by atomic mass is 16.7. The van der Waals surface area contributed by atoms with Crippen molar-refractivity contribution in [3.63, 3.8) is 0 Å². The van der Waals surface area contributed by atoms with Crippen molar-refractivity contribution in [3.8, 4) is 0 Å². The third-order valence-corrected chi connectivity index (χ3v) is 3.96. The van der Waals surface area contributed by atoms with Gasteiger partial charge >= 0.3 is 12.1 Å². The Morgan fingerprint density at radius 1 is 1.07 bits per heavy atom. The zero-order valence-corrected chi connectivity index (χ0v) is 16.1. The average Bonchev–Trinajstić information content (AvgIpc) is 3.11. The highest BCUT2D eigenvalue weighted by Gasteiger charge is 2.20. The number of rotatable bonds is 8. The molecular weight excluding hydrogens is 348 g/mol. The van der Waals surface area contributed by atoms with Gasteiger partial charge in [-0.1, -0.05) is 30.3 Å². The van der Waals surface area contributed by atoms with E-state index in [1.54, 1.807) is 31.7 Å². The molecule has 2 atom stereocenters. The van der Waals surface area contributed by atoms with E-state index >= 15 is 0 Å². The summed E-state index contributed by atoms with van der Waals surface area (Å²) in [6, 6.07) is 9.78. The largest absolute Gasteiger partial charge is 0.508 e. The molecule has 1 aromatic carbocycles. The minimum Gasteiger partial charge on any atom is -0.458 e. The van der Waals surface area contributed by atoms with Gasteiger partial charge in [-0.05, 0) is 33.3 Å². The van der Waals surface area contributed by atoms with Crippen LogP contribution in [0.2, 0.25) is 0 Å². The van der Waals surface area contributed by atoms with Crippen molar-refractivity contribution >= 4 is 12.1 Å². The molecular formula is C20H26N2O5. The SMILES string of the molecule is CC(C)OC(=O)OCCC(C)OC(=O)c1cncn1[C@H](C)c1ccccc1. The Bertz CT molecular complexity index is 742. The third-order valence-electron chi connectivity index (χ3n) is 3.96. The summed E-state index contributed by atoms with van der Waals surface area (Å²) in [5, 5.41) is 0. The lowest BCUT2D eigenvalue weighted by atomic mass is 10.1. The van der Waals surface area contributed by atoms with Crippen molar-refractivity contribution in [1.29, 1.82) is 0 Å². The predicted molar refractivity (Wildman–Crippen MR) is 99.5 cm³/mol. The van der Waals surface area contributed by atoms with Crippen LogP contribution in [0.25, 0.3) is 0 Å². The van der Waals surface area contributed by atoms with Crippen molar-refractivity contribution < 1.29 is 23.8 Å². The topological polar surface area (TPSA) is 79.7 Å². The Morgan fingerprint density at radius 2 is 1.78 bits per heavy atom. The zero-order chi connectivity index (χ0) is 19.8. The van der Waals surface area contributed by atoms with E-state index in [-0.39, 0.29) is 18.8 Å². The molecule has 0 amide bonds. The second kappa shape index (κ2) is 9.75. The Balaban J connectivity index is 1.89. The average molecular weight is 374 g/mol. The number of aromatic nitrogens is 2. The summed E-state index contributed by atoms with van der Waals surface area (Å²) in [7, 11) is 0. The van der Waals surface area contributed by atoms with E-state index in [1.165, 1.54) is 6.20 Å². The lowest BCUT2D eigenvalue weighted by Crippen LogP contribution is -2.22. The van der Waals surface area contributed by atoms with E-state index in [9.17, 15) is 9.59 Å². The van der Waals surface area contributed by atoms with Crippen LogP contribution >= 0.6 is 0 Å². The first kappa shape index (κ1) is 20.5. The molecule has 7 nitrogen and oxygen atoms in total. The molecule has 27 heavy (non-hydrogen) atoms. The normalized spacial score (nSPS) is 13.1. The van der Waals surface area contributed by atoms with Gasteiger partial charge in [0.05, 0.1) is 31.3 Å². The molecule has 2 rings (SSSR count). The van der Waals surface area contributed by atoms with Gasteiger partial charge in [0.25, 0.3) is 0 Å². The van der Waals surface area contributed by atoms with Gasteiger partial charge in [0.15, 0.2) is 0 Å². The lowest BCUT2D eigenvalue weighted by Gasteiger charge is -2.18. The Morgan fingerprint density at radius 3 is 2.44 bits per heavy atom. The fourth-order valence-corrected chi connectivity index (χ4v) is 2.50. The van der Waals surface area contributed by atoms with Crippen molar-refractivity contribution in [3.05, 3.63) is 54.1 Å². The van der Waals surface area contributed by atoms with Gasteiger partial charge in [-0.2, -0.15) is 0 Å². The van der Waals surface area contributed by atoms with Crippen LogP contribution in [0.3, 0.4) is 0 Å². The highest BCUT2D eigenvalue weighted by molar-refractivity contribution is 5.87. The summed E-state index contributed by atoms with van der Waals surface area (Å²) in [6.45, 7) is 7.33. The molecule has 0 spiro atoms. The summed E-state index contributed by atoms with van der Waals surface area (Å²) in [5.74, 6) is -0.465. The first-order valence-electron chi connectivity index (χ1n) is 8.99. The molecule has 0 aliphatic rings. The number of hydrogen-bond acceptors (Lipinski definition) is 6. The molecule has 0 saturated carbocycles. The van der Waals surface area contributed by atoms with Crippen LogP contribution in [0.4, 0.5) is 4.79 Å². The first-order chi connectivity index (χ1) is 12.9. The number of ether oxygens (including phenoxy) is 3. The van der Waals surface area contributed by atoms with Crippen molar-refractivity contribution in [2.45, 2.75) is 52.4 Å². The van der Waals surface area contributed by atoms with Gasteiger partial charge in [0.1, 0.15) is 11.8 Å². The van der Waals surface area contributed by atoms with E-state index in [0.29, 0.717) is 12.1 Å². The van der Waals surface area contributed by atoms with Gasteiger partial charge < -0.3 is 18.8 Å². The van der Waals surface area contributed by atoms with Gasteiger partial charge in [-0.15, -0.1) is 0 Å². The molecule has 0 N–H and O–H groups in total. The Kier molecular flexibility index (Phi) is 7.40. The van der Waals surface area contributed by atoms with Crippen molar-refractivity contribution in [2.24, 2.45) is 0 Å². The summed E-state index contributed by atoms with van der Waals surface area (Å²) < 4.78 is 17.1. The predicted octanol–water partition coefficient (Wildman–Crippen LogP) is 3.99. The van der Waals surface area contributed by atoms with Gasteiger partial charge in [0, 0.05) is 6.42 Å². The second-order valence-electron chi connectivity index (χ2n) is 6.54. The second-order valence-corrected chi connectivity index (χ2v) is 6.54. The minimum absolute atomic E-state index is 0.0549. The van der Waals surface area contributed by atoms with E-state index in [4.69, 9.17) is 14.2 Å². The van der Waals surface area contributed by atoms with Crippen LogP contribution < -0.4 is 0 Å². The van der Waals surface area contributed by atoms with Crippen LogP contribution in [0.5, 0.6) is 0 Å². The maximum absolute atomic E-state index is 12.5. The fourth-order valence-electron chi connectivity index (χ4n) is 2.50. The molecule has 1 aromatic heterocycles. The maximum Gasteiger partial charge on any atom is 0.508 e. The molecule has 0 aliphatic heterocycles. The van der Waals surface area contributed by atoms with Gasteiger partial charge in [0.2, 0.25) is 0 Å². The van der Waals surface area contributed by atoms with E-state index in [1.807, 2.05) is 37.3 Å². The van der Waals surface area contributed by atoms with Crippen LogP contribution in [0.15, 0.2) is 42.9 Å². The molecule has 1 heterocycles. The van der Waals surface area contributed by atoms with E-state index in [0.717, 1.165) is 5.56 Å². The molecule has 2 aromatic rings. The maximum atomic E-state index is 12.5. The smallest absolute Gasteiger partial charge is 0.458 e. The van der Waals surface area contributed by atoms with Gasteiger partial charge in [-0.25, -0.2) is 14.6 Å². The molecule has 1 unspecified atom stereocenters. The van der Waals surface area contributed by atoms with Crippen LogP contribution in [0.1, 0.15) is 56.2 Å². The number of carbonyl (C=O) groups excluding carboxylic acids is 2. The van der Waals surface area contributed by atoms with Crippen LogP contribution in [-0.4, -0.2) is 40.5 Å². The molecule has 0 aliphatic carbocycles. The number of benzene rings is 1. The number of carbonyl (C=O) groups is 2. The van der Waals surface area contributed by atoms with Crippen LogP contribution in [0, 0.1) is 0 Å². The zero-order valence-electron chi connectivity index (χ0n) is 16.1. The molecule has 0 radical (unpaired) electrons. The molecule has 7 heteroatoms. The van der Waals surface area contributed by atoms with Crippen molar-refractivity contribution in [2.75, 3.05) is 6.61 Å². The Labute approximate surface area is 159 Å². The van der Waals surface area contributed by atoms with E-state index in [2.05, 4.69) is 4.98 Å². The number of hydrogen-bond donors (Lipinski definition) is 0. The lowest BCUT2D eigenvalue weighted by molar-refractivity contribution is 0.0134. The third kappa shape index (κ3) is 6.13. The molecule has 0 bridgehead atoms. The number of nitrogens with zero attached hydrogens (tertiary/aromatic N) is 2. The molecule has 146 valence electrons. The fraction of sp³-hybridized carbons (Fsp3) is 0.450. The summed E-state index contributed by atoms with van der Waals surface area (Å²) in [5.41, 5.74) is 1.44. The quantitative estimate of drug-likeness (QED) is 0.650. The number of imidazole rings is 1. The molecule has 0 fully saturated rings. The standard InChI is InChI=1S/C20H26N2O5/c1-14(2)26-20(24)25-11-10-15(3)27-19(23)18-12-21-13-22(18)16(4)17-8-6-5-7-9-17/h5-9,12-16H,10-11H2,1-4H3/t15?,16-/m1/s1. The van der Waals surface area contributed by atoms with Gasteiger partial charge in [-0.3, -0.25) is 0 Å². The molecule has 0 saturated heterocycles. The monoisotopic (exact) mass is 374 g/mol. The highest BCUT2D eigenvalue weighted by Crippen LogP contribution is 2.20. The minimum atomic E-state index is -0.724. The first-order valence-corrected chi connectivity index (χ1v) is 8.99. The summed E-state index contributed by atoms with van der Waals surface area (Å²) in [6.07, 6.45) is 2.11. The summed E-state index contributed by atoms with van der Waals surface area (Å²) in [4.78, 5) is 27.9. The summed E-state index contributed by atoms with van der Waals surface area (Å²) >= 11 is 0. The van der Waals surface area contributed by atoms with Crippen LogP contribution in [-0.2, 0) is 14.2 Å². The van der Waals surface area contributed by atoms with Crippen molar-refractivity contribution in [1.82, 2.24) is 9.55 Å². The Hall–Kier alpha value is -2.83. The van der Waals surface area contributed by atoms with E-state index < -0.39 is 18.2 Å².